The van der Waals surface area contributed by atoms with E-state index in [4.69, 9.17) is 0 Å². The van der Waals surface area contributed by atoms with Crippen LogP contribution in [0.1, 0.15) is 77.5 Å². The van der Waals surface area contributed by atoms with Crippen molar-refractivity contribution >= 4 is 17.6 Å². The molecular formula is C30H30FN5O3. The van der Waals surface area contributed by atoms with Crippen LogP contribution in [0.2, 0.25) is 0 Å². The number of nitrogens with one attached hydrogen (secondary N) is 1. The van der Waals surface area contributed by atoms with Crippen molar-refractivity contribution in [1.29, 1.82) is 0 Å². The van der Waals surface area contributed by atoms with Gasteiger partial charge in [-0.05, 0) is 92.8 Å². The lowest BCUT2D eigenvalue weighted by Gasteiger charge is -2.27. The SMILES string of the molecule is Cc1cc(Nc2ncc(F)c(C3CC3)n2)cc(-n2cnc(-c3ccc(C(=O)O)c(C4CCC(O)CC4)c3)c2)c1. The summed E-state index contributed by atoms with van der Waals surface area (Å²) in [6.45, 7) is 1.99. The normalized spacial score (nSPS) is 19.2. The van der Waals surface area contributed by atoms with E-state index in [2.05, 4.69) is 20.3 Å². The van der Waals surface area contributed by atoms with E-state index in [1.807, 2.05) is 42.0 Å². The minimum Gasteiger partial charge on any atom is -0.478 e. The highest BCUT2D eigenvalue weighted by Gasteiger charge is 2.29. The van der Waals surface area contributed by atoms with Gasteiger partial charge in [-0.25, -0.2) is 24.1 Å². The van der Waals surface area contributed by atoms with Crippen LogP contribution in [0.5, 0.6) is 0 Å². The summed E-state index contributed by atoms with van der Waals surface area (Å²) in [7, 11) is 0. The molecule has 39 heavy (non-hydrogen) atoms. The zero-order valence-corrected chi connectivity index (χ0v) is 21.6. The number of carbonyl (C=O) groups is 1. The molecule has 2 saturated carbocycles. The van der Waals surface area contributed by atoms with Crippen molar-refractivity contribution in [2.24, 2.45) is 0 Å². The molecular weight excluding hydrogens is 497 g/mol. The van der Waals surface area contributed by atoms with Gasteiger partial charge in [0.25, 0.3) is 0 Å². The monoisotopic (exact) mass is 527 g/mol. The van der Waals surface area contributed by atoms with Gasteiger partial charge < -0.3 is 20.1 Å². The number of hydrogen-bond acceptors (Lipinski definition) is 6. The van der Waals surface area contributed by atoms with E-state index >= 15 is 0 Å². The molecule has 0 atom stereocenters. The van der Waals surface area contributed by atoms with Gasteiger partial charge in [0.1, 0.15) is 0 Å². The van der Waals surface area contributed by atoms with E-state index in [1.165, 1.54) is 6.20 Å². The maximum absolute atomic E-state index is 14.1. The number of halogens is 1. The van der Waals surface area contributed by atoms with Gasteiger partial charge >= 0.3 is 5.97 Å². The van der Waals surface area contributed by atoms with Crippen molar-refractivity contribution < 1.29 is 19.4 Å². The number of aryl methyl sites for hydroxylation is 1. The Balaban J connectivity index is 1.27. The number of aliphatic hydroxyl groups is 1. The Morgan fingerprint density at radius 2 is 1.79 bits per heavy atom. The van der Waals surface area contributed by atoms with Crippen LogP contribution in [-0.4, -0.2) is 41.8 Å². The first-order valence-corrected chi connectivity index (χ1v) is 13.4. The third-order valence-electron chi connectivity index (χ3n) is 7.65. The molecule has 2 aromatic carbocycles. The fourth-order valence-electron chi connectivity index (χ4n) is 5.45. The highest BCUT2D eigenvalue weighted by atomic mass is 19.1. The van der Waals surface area contributed by atoms with Gasteiger partial charge in [0.15, 0.2) is 5.82 Å². The molecule has 2 heterocycles. The van der Waals surface area contributed by atoms with Gasteiger partial charge in [-0.15, -0.1) is 0 Å². The van der Waals surface area contributed by atoms with Gasteiger partial charge in [-0.1, -0.05) is 6.07 Å². The van der Waals surface area contributed by atoms with Gasteiger partial charge in [0.2, 0.25) is 5.95 Å². The van der Waals surface area contributed by atoms with Crippen LogP contribution in [0.4, 0.5) is 16.0 Å². The molecule has 8 nitrogen and oxygen atoms in total. The number of nitrogens with zero attached hydrogens (tertiary/aromatic N) is 4. The van der Waals surface area contributed by atoms with Crippen LogP contribution in [0.15, 0.2) is 55.1 Å². The number of aromatic nitrogens is 4. The molecule has 0 amide bonds. The molecule has 9 heteroatoms. The number of carboxylic acid groups (broad SMARTS) is 1. The van der Waals surface area contributed by atoms with E-state index in [9.17, 15) is 19.4 Å². The lowest BCUT2D eigenvalue weighted by atomic mass is 9.80. The Kier molecular flexibility index (Phi) is 6.60. The van der Waals surface area contributed by atoms with Crippen molar-refractivity contribution in [3.63, 3.8) is 0 Å². The molecule has 4 aromatic rings. The van der Waals surface area contributed by atoms with Crippen molar-refractivity contribution in [2.45, 2.75) is 63.4 Å². The minimum absolute atomic E-state index is 0.0982. The number of rotatable bonds is 7. The van der Waals surface area contributed by atoms with Crippen LogP contribution in [0.3, 0.4) is 0 Å². The van der Waals surface area contributed by atoms with Crippen LogP contribution in [0, 0.1) is 12.7 Å². The Morgan fingerprint density at radius 3 is 2.54 bits per heavy atom. The molecule has 2 aliphatic rings. The number of benzene rings is 2. The zero-order valence-electron chi connectivity index (χ0n) is 21.6. The average Bonchev–Trinajstić information content (AvgIpc) is 3.64. The molecule has 0 bridgehead atoms. The largest absolute Gasteiger partial charge is 0.478 e. The third-order valence-corrected chi connectivity index (χ3v) is 7.65. The third kappa shape index (κ3) is 5.40. The summed E-state index contributed by atoms with van der Waals surface area (Å²) in [5, 5.41) is 22.9. The Bertz CT molecular complexity index is 1540. The van der Waals surface area contributed by atoms with Crippen LogP contribution >= 0.6 is 0 Å². The molecule has 3 N–H and O–H groups in total. The van der Waals surface area contributed by atoms with Crippen LogP contribution in [0.25, 0.3) is 16.9 Å². The van der Waals surface area contributed by atoms with E-state index in [0.717, 1.165) is 59.4 Å². The standard InChI is InChI=1S/C30H30FN5O3/c1-17-10-21(34-30-32-14-26(31)28(35-30)19-2-3-19)13-22(11-17)36-15-27(33-16-36)20-6-9-24(29(38)39)25(12-20)18-4-7-23(37)8-5-18/h6,9-16,18-19,23,37H,2-5,7-8H2,1H3,(H,38,39)(H,32,34,35). The minimum atomic E-state index is -0.942. The predicted octanol–water partition coefficient (Wildman–Crippen LogP) is 6.11. The van der Waals surface area contributed by atoms with Crippen molar-refractivity contribution in [2.75, 3.05) is 5.32 Å². The second-order valence-corrected chi connectivity index (χ2v) is 10.7. The van der Waals surface area contributed by atoms with E-state index in [-0.39, 0.29) is 23.8 Å². The smallest absolute Gasteiger partial charge is 0.335 e. The fraction of sp³-hybridized carbons (Fsp3) is 0.333. The molecule has 0 aliphatic heterocycles. The number of aliphatic hydroxyl groups excluding tert-OH is 1. The van der Waals surface area contributed by atoms with Gasteiger partial charge in [-0.2, -0.15) is 0 Å². The first-order valence-electron chi connectivity index (χ1n) is 13.4. The number of hydrogen-bond donors (Lipinski definition) is 3. The highest BCUT2D eigenvalue weighted by Crippen LogP contribution is 2.40. The first-order chi connectivity index (χ1) is 18.8. The fourth-order valence-corrected chi connectivity index (χ4v) is 5.45. The molecule has 0 saturated heterocycles. The molecule has 0 unspecified atom stereocenters. The molecule has 6 rings (SSSR count). The van der Waals surface area contributed by atoms with E-state index < -0.39 is 5.97 Å². The van der Waals surface area contributed by atoms with Crippen molar-refractivity contribution in [3.05, 3.63) is 83.3 Å². The molecule has 0 radical (unpaired) electrons. The summed E-state index contributed by atoms with van der Waals surface area (Å²) >= 11 is 0. The molecule has 2 aliphatic carbocycles. The summed E-state index contributed by atoms with van der Waals surface area (Å²) in [5.41, 5.74) is 5.83. The number of carboxylic acids is 1. The maximum Gasteiger partial charge on any atom is 0.335 e. The molecule has 200 valence electrons. The van der Waals surface area contributed by atoms with Gasteiger partial charge in [0.05, 0.1) is 35.6 Å². The summed E-state index contributed by atoms with van der Waals surface area (Å²) in [6, 6.07) is 11.3. The highest BCUT2D eigenvalue weighted by molar-refractivity contribution is 5.90. The van der Waals surface area contributed by atoms with Gasteiger partial charge in [0, 0.05) is 29.1 Å². The van der Waals surface area contributed by atoms with Gasteiger partial charge in [-0.3, -0.25) is 0 Å². The maximum atomic E-state index is 14.1. The summed E-state index contributed by atoms with van der Waals surface area (Å²) in [5.74, 6) is -0.661. The Hall–Kier alpha value is -4.11. The first kappa shape index (κ1) is 25.2. The van der Waals surface area contributed by atoms with Crippen molar-refractivity contribution in [3.8, 4) is 16.9 Å². The number of imidazole rings is 1. The molecule has 0 spiro atoms. The second-order valence-electron chi connectivity index (χ2n) is 10.7. The van der Waals surface area contributed by atoms with Crippen LogP contribution in [-0.2, 0) is 0 Å². The lowest BCUT2D eigenvalue weighted by molar-refractivity contribution is 0.0694. The number of aromatic carboxylic acids is 1. The quantitative estimate of drug-likeness (QED) is 0.266. The summed E-state index contributed by atoms with van der Waals surface area (Å²) in [6.07, 6.45) is 9.35. The lowest BCUT2D eigenvalue weighted by Crippen LogP contribution is -2.18. The van der Waals surface area contributed by atoms with Crippen molar-refractivity contribution in [1.82, 2.24) is 19.5 Å². The van der Waals surface area contributed by atoms with E-state index in [0.29, 0.717) is 30.0 Å². The predicted molar refractivity (Wildman–Crippen MR) is 145 cm³/mol. The topological polar surface area (TPSA) is 113 Å². The Morgan fingerprint density at radius 1 is 1.03 bits per heavy atom. The van der Waals surface area contributed by atoms with Crippen LogP contribution < -0.4 is 5.32 Å². The average molecular weight is 528 g/mol. The number of anilines is 2. The zero-order chi connectivity index (χ0) is 27.1. The van der Waals surface area contributed by atoms with E-state index in [1.54, 1.807) is 18.5 Å². The molecule has 2 fully saturated rings. The Labute approximate surface area is 225 Å². The summed E-state index contributed by atoms with van der Waals surface area (Å²) < 4.78 is 16.0. The molecule has 2 aromatic heterocycles. The second kappa shape index (κ2) is 10.2. The summed E-state index contributed by atoms with van der Waals surface area (Å²) in [4.78, 5) is 25.1.